The molecule has 1 nitrogen and oxygen atoms in total. The fourth-order valence-electron chi connectivity index (χ4n) is 5.79. The van der Waals surface area contributed by atoms with E-state index in [1.807, 2.05) is 0 Å². The van der Waals surface area contributed by atoms with Crippen molar-refractivity contribution in [3.05, 3.63) is 0 Å². The number of hydrogen-bond acceptors (Lipinski definition) is 1. The largest absolute Gasteiger partial charge is 0.390 e. The highest BCUT2D eigenvalue weighted by molar-refractivity contribution is 5.00. The quantitative estimate of drug-likeness (QED) is 0.761. The maximum atomic E-state index is 11.4. The van der Waals surface area contributed by atoms with Crippen LogP contribution in [0.3, 0.4) is 0 Å². The highest BCUT2D eigenvalue weighted by Gasteiger charge is 2.49. The van der Waals surface area contributed by atoms with E-state index in [1.165, 1.54) is 44.9 Å². The van der Waals surface area contributed by atoms with Gasteiger partial charge in [0, 0.05) is 0 Å². The van der Waals surface area contributed by atoms with Gasteiger partial charge in [-0.05, 0) is 67.6 Å². The third-order valence-corrected chi connectivity index (χ3v) is 6.55. The molecule has 0 saturated heterocycles. The van der Waals surface area contributed by atoms with Gasteiger partial charge in [-0.25, -0.2) is 0 Å². The van der Waals surface area contributed by atoms with Crippen molar-refractivity contribution in [2.75, 3.05) is 0 Å². The molecule has 5 atom stereocenters. The maximum absolute atomic E-state index is 11.4. The lowest BCUT2D eigenvalue weighted by molar-refractivity contribution is -0.107. The van der Waals surface area contributed by atoms with E-state index in [2.05, 4.69) is 20.8 Å². The normalized spacial score (nSPS) is 46.7. The van der Waals surface area contributed by atoms with Gasteiger partial charge in [0.05, 0.1) is 5.60 Å². The molecule has 3 saturated carbocycles. The summed E-state index contributed by atoms with van der Waals surface area (Å²) in [4.78, 5) is 0. The van der Waals surface area contributed by atoms with Gasteiger partial charge in [0.1, 0.15) is 0 Å². The van der Waals surface area contributed by atoms with Gasteiger partial charge in [-0.1, -0.05) is 40.0 Å². The molecular formula is C18H32O. The van der Waals surface area contributed by atoms with Crippen LogP contribution < -0.4 is 0 Å². The van der Waals surface area contributed by atoms with Crippen molar-refractivity contribution in [2.45, 2.75) is 84.2 Å². The minimum absolute atomic E-state index is 0.257. The van der Waals surface area contributed by atoms with Crippen molar-refractivity contribution in [3.63, 3.8) is 0 Å². The lowest BCUT2D eigenvalue weighted by Gasteiger charge is -2.48. The third kappa shape index (κ3) is 2.60. The Morgan fingerprint density at radius 2 is 1.84 bits per heavy atom. The Morgan fingerprint density at radius 3 is 2.42 bits per heavy atom. The molecule has 0 heterocycles. The standard InChI is InChI=1S/C18H32O/c1-17(2,3)16-6-4-5-9-18(16,19)12-15-11-13-7-8-14(15)10-13/h13-16,19H,4-12H2,1-3H3. The van der Waals surface area contributed by atoms with Gasteiger partial charge in [0.25, 0.3) is 0 Å². The zero-order valence-corrected chi connectivity index (χ0v) is 13.1. The van der Waals surface area contributed by atoms with Crippen LogP contribution in [0.1, 0.15) is 78.6 Å². The van der Waals surface area contributed by atoms with E-state index in [-0.39, 0.29) is 11.0 Å². The number of fused-ring (bicyclic) bond motifs is 2. The number of aliphatic hydroxyl groups is 1. The molecule has 0 aromatic carbocycles. The number of hydrogen-bond donors (Lipinski definition) is 1. The van der Waals surface area contributed by atoms with Gasteiger partial charge in [0.15, 0.2) is 0 Å². The monoisotopic (exact) mass is 264 g/mol. The van der Waals surface area contributed by atoms with Crippen LogP contribution in [-0.4, -0.2) is 10.7 Å². The topological polar surface area (TPSA) is 20.2 Å². The minimum Gasteiger partial charge on any atom is -0.390 e. The second-order valence-corrected chi connectivity index (χ2v) is 8.91. The molecule has 2 bridgehead atoms. The fraction of sp³-hybridized carbons (Fsp3) is 1.00. The Morgan fingerprint density at radius 1 is 1.05 bits per heavy atom. The van der Waals surface area contributed by atoms with E-state index in [1.54, 1.807) is 0 Å². The Kier molecular flexibility index (Phi) is 3.48. The van der Waals surface area contributed by atoms with E-state index in [4.69, 9.17) is 0 Å². The first-order valence-electron chi connectivity index (χ1n) is 8.61. The molecule has 3 rings (SSSR count). The highest BCUT2D eigenvalue weighted by atomic mass is 16.3. The molecule has 0 radical (unpaired) electrons. The molecule has 0 aromatic rings. The van der Waals surface area contributed by atoms with Crippen LogP contribution in [0.4, 0.5) is 0 Å². The van der Waals surface area contributed by atoms with Crippen LogP contribution in [0.2, 0.25) is 0 Å². The van der Waals surface area contributed by atoms with Crippen LogP contribution in [0.5, 0.6) is 0 Å². The molecule has 5 unspecified atom stereocenters. The molecule has 0 amide bonds. The van der Waals surface area contributed by atoms with E-state index in [0.717, 1.165) is 30.6 Å². The zero-order valence-electron chi connectivity index (χ0n) is 13.1. The van der Waals surface area contributed by atoms with Crippen LogP contribution in [0.15, 0.2) is 0 Å². The molecule has 0 spiro atoms. The molecule has 1 N–H and O–H groups in total. The summed E-state index contributed by atoms with van der Waals surface area (Å²) in [5.74, 6) is 3.31. The second kappa shape index (κ2) is 4.76. The summed E-state index contributed by atoms with van der Waals surface area (Å²) < 4.78 is 0. The van der Waals surface area contributed by atoms with Crippen molar-refractivity contribution in [1.82, 2.24) is 0 Å². The van der Waals surface area contributed by atoms with Crippen molar-refractivity contribution in [3.8, 4) is 0 Å². The van der Waals surface area contributed by atoms with Gasteiger partial charge in [-0.3, -0.25) is 0 Å². The van der Waals surface area contributed by atoms with Crippen LogP contribution in [0.25, 0.3) is 0 Å². The number of rotatable bonds is 2. The first kappa shape index (κ1) is 13.9. The molecule has 1 heteroatoms. The van der Waals surface area contributed by atoms with E-state index < -0.39 is 0 Å². The summed E-state index contributed by atoms with van der Waals surface area (Å²) in [6.45, 7) is 6.98. The second-order valence-electron chi connectivity index (χ2n) is 8.91. The molecule has 19 heavy (non-hydrogen) atoms. The first-order chi connectivity index (χ1) is 8.88. The summed E-state index contributed by atoms with van der Waals surface area (Å²) in [6.07, 6.45) is 11.8. The molecule has 3 aliphatic rings. The Balaban J connectivity index is 1.72. The van der Waals surface area contributed by atoms with Gasteiger partial charge < -0.3 is 5.11 Å². The fourth-order valence-corrected chi connectivity index (χ4v) is 5.79. The lowest BCUT2D eigenvalue weighted by Crippen LogP contribution is -2.48. The summed E-state index contributed by atoms with van der Waals surface area (Å²) in [5, 5.41) is 11.4. The Bertz CT molecular complexity index is 329. The summed E-state index contributed by atoms with van der Waals surface area (Å²) in [7, 11) is 0. The van der Waals surface area contributed by atoms with Gasteiger partial charge in [0.2, 0.25) is 0 Å². The van der Waals surface area contributed by atoms with Crippen LogP contribution >= 0.6 is 0 Å². The average Bonchev–Trinajstić information content (AvgIpc) is 2.89. The Labute approximate surface area is 119 Å². The van der Waals surface area contributed by atoms with Crippen LogP contribution in [-0.2, 0) is 0 Å². The maximum Gasteiger partial charge on any atom is 0.0683 e. The van der Waals surface area contributed by atoms with Crippen molar-refractivity contribution >= 4 is 0 Å². The van der Waals surface area contributed by atoms with Crippen molar-refractivity contribution in [1.29, 1.82) is 0 Å². The smallest absolute Gasteiger partial charge is 0.0683 e. The summed E-state index contributed by atoms with van der Waals surface area (Å²) >= 11 is 0. The molecule has 0 aromatic heterocycles. The first-order valence-corrected chi connectivity index (χ1v) is 8.61. The van der Waals surface area contributed by atoms with Crippen LogP contribution in [0, 0.1) is 29.1 Å². The average molecular weight is 264 g/mol. The Hall–Kier alpha value is -0.0400. The summed E-state index contributed by atoms with van der Waals surface area (Å²) in [6, 6.07) is 0. The zero-order chi connectivity index (χ0) is 13.7. The molecular weight excluding hydrogens is 232 g/mol. The van der Waals surface area contributed by atoms with Gasteiger partial charge in [-0.15, -0.1) is 0 Å². The SMILES string of the molecule is CC(C)(C)C1CCCCC1(O)CC1CC2CCC1C2. The van der Waals surface area contributed by atoms with E-state index >= 15 is 0 Å². The van der Waals surface area contributed by atoms with Crippen molar-refractivity contribution in [2.24, 2.45) is 29.1 Å². The van der Waals surface area contributed by atoms with Gasteiger partial charge in [-0.2, -0.15) is 0 Å². The van der Waals surface area contributed by atoms with Crippen molar-refractivity contribution < 1.29 is 5.11 Å². The summed E-state index contributed by atoms with van der Waals surface area (Å²) in [5.41, 5.74) is -0.0988. The highest BCUT2D eigenvalue weighted by Crippen LogP contribution is 2.54. The molecule has 0 aliphatic heterocycles. The molecule has 3 aliphatic carbocycles. The van der Waals surface area contributed by atoms with Gasteiger partial charge >= 0.3 is 0 Å². The lowest BCUT2D eigenvalue weighted by atomic mass is 9.60. The third-order valence-electron chi connectivity index (χ3n) is 6.55. The minimum atomic E-state index is -0.356. The van der Waals surface area contributed by atoms with E-state index in [0.29, 0.717) is 5.92 Å². The predicted molar refractivity (Wildman–Crippen MR) is 79.9 cm³/mol. The van der Waals surface area contributed by atoms with E-state index in [9.17, 15) is 5.11 Å². The molecule has 3 fully saturated rings. The predicted octanol–water partition coefficient (Wildman–Crippen LogP) is 4.78. The molecule has 110 valence electrons.